The molecule has 2 aromatic rings. The molecule has 1 saturated heterocycles. The van der Waals surface area contributed by atoms with Crippen molar-refractivity contribution in [1.29, 1.82) is 0 Å². The molecule has 8 heteroatoms. The molecule has 5 nitrogen and oxygen atoms in total. The first-order valence-corrected chi connectivity index (χ1v) is 9.69. The Labute approximate surface area is 169 Å². The van der Waals surface area contributed by atoms with Crippen LogP contribution >= 0.6 is 27.5 Å². The predicted molar refractivity (Wildman–Crippen MR) is 104 cm³/mol. The number of halogens is 3. The zero-order valence-corrected chi connectivity index (χ0v) is 16.6. The van der Waals surface area contributed by atoms with Gasteiger partial charge in [0.15, 0.2) is 0 Å². The van der Waals surface area contributed by atoms with E-state index in [9.17, 15) is 14.0 Å². The van der Waals surface area contributed by atoms with Crippen LogP contribution in [0, 0.1) is 5.82 Å². The largest absolute Gasteiger partial charge is 0.332 e. The maximum atomic E-state index is 14.1. The number of carbonyl (C=O) groups excluding carboxylic acids is 2. The van der Waals surface area contributed by atoms with Gasteiger partial charge >= 0.3 is 6.03 Å². The van der Waals surface area contributed by atoms with Crippen LogP contribution < -0.4 is 5.32 Å². The Morgan fingerprint density at radius 3 is 2.89 bits per heavy atom. The van der Waals surface area contributed by atoms with Gasteiger partial charge < -0.3 is 15.1 Å². The molecule has 140 valence electrons. The van der Waals surface area contributed by atoms with Gasteiger partial charge in [0.05, 0.1) is 16.8 Å². The van der Waals surface area contributed by atoms with Crippen LogP contribution in [0.2, 0.25) is 5.02 Å². The molecule has 1 N–H and O–H groups in total. The van der Waals surface area contributed by atoms with E-state index in [0.717, 1.165) is 10.0 Å². The number of anilines is 1. The molecule has 0 bridgehead atoms. The van der Waals surface area contributed by atoms with Crippen molar-refractivity contribution in [2.75, 3.05) is 25.0 Å². The first-order valence-electron chi connectivity index (χ1n) is 8.52. The molecule has 1 unspecified atom stereocenters. The summed E-state index contributed by atoms with van der Waals surface area (Å²) < 4.78 is 14.9. The molecule has 2 aromatic carbocycles. The Morgan fingerprint density at radius 2 is 2.11 bits per heavy atom. The summed E-state index contributed by atoms with van der Waals surface area (Å²) in [7, 11) is 0. The first kappa shape index (κ1) is 18.3. The molecule has 27 heavy (non-hydrogen) atoms. The summed E-state index contributed by atoms with van der Waals surface area (Å²) in [6.07, 6.45) is 0.491. The Kier molecular flexibility index (Phi) is 4.82. The summed E-state index contributed by atoms with van der Waals surface area (Å²) >= 11 is 9.47. The van der Waals surface area contributed by atoms with E-state index >= 15 is 0 Å². The van der Waals surface area contributed by atoms with Gasteiger partial charge in [-0.2, -0.15) is 0 Å². The van der Waals surface area contributed by atoms with Crippen LogP contribution in [-0.4, -0.2) is 41.4 Å². The molecular weight excluding hydrogens is 437 g/mol. The molecular formula is C19H16BrClFN3O2. The van der Waals surface area contributed by atoms with Gasteiger partial charge in [-0.1, -0.05) is 39.7 Å². The molecule has 0 saturated carbocycles. The van der Waals surface area contributed by atoms with Gasteiger partial charge in [-0.05, 0) is 41.8 Å². The number of fused-ring (bicyclic) bond motifs is 3. The van der Waals surface area contributed by atoms with E-state index in [1.54, 1.807) is 29.2 Å². The van der Waals surface area contributed by atoms with E-state index in [-0.39, 0.29) is 24.3 Å². The smallest absolute Gasteiger partial charge is 0.322 e. The van der Waals surface area contributed by atoms with Crippen LogP contribution in [0.4, 0.5) is 14.9 Å². The zero-order valence-electron chi connectivity index (χ0n) is 14.2. The third kappa shape index (κ3) is 3.41. The molecule has 1 atom stereocenters. The lowest BCUT2D eigenvalue weighted by atomic mass is 9.90. The number of carbonyl (C=O) groups is 2. The highest BCUT2D eigenvalue weighted by molar-refractivity contribution is 9.10. The number of hydrogen-bond acceptors (Lipinski definition) is 2. The van der Waals surface area contributed by atoms with Gasteiger partial charge in [0, 0.05) is 17.6 Å². The molecule has 1 fully saturated rings. The summed E-state index contributed by atoms with van der Waals surface area (Å²) in [5, 5.41) is 3.14. The van der Waals surface area contributed by atoms with Crippen molar-refractivity contribution in [2.45, 2.75) is 12.5 Å². The molecule has 2 aliphatic rings. The van der Waals surface area contributed by atoms with E-state index in [2.05, 4.69) is 21.2 Å². The van der Waals surface area contributed by atoms with E-state index in [1.807, 2.05) is 6.07 Å². The summed E-state index contributed by atoms with van der Waals surface area (Å²) in [4.78, 5) is 28.5. The lowest BCUT2D eigenvalue weighted by molar-refractivity contribution is -0.139. The lowest BCUT2D eigenvalue weighted by Gasteiger charge is -2.44. The maximum absolute atomic E-state index is 14.1. The van der Waals surface area contributed by atoms with Crippen molar-refractivity contribution in [3.8, 4) is 0 Å². The standard InChI is InChI=1S/C19H16BrClFN3O2/c20-11-4-5-16(14(21)8-11)23-19(27)24-9-17-13-2-1-3-15(22)12(13)6-7-25(17)18(26)10-24/h1-5,8,17H,6-7,9-10H2,(H,23,27). The van der Waals surface area contributed by atoms with E-state index < -0.39 is 6.03 Å². The molecule has 0 aliphatic carbocycles. The maximum Gasteiger partial charge on any atom is 0.322 e. The van der Waals surface area contributed by atoms with Crippen LogP contribution in [0.25, 0.3) is 0 Å². The van der Waals surface area contributed by atoms with Gasteiger partial charge in [-0.15, -0.1) is 0 Å². The number of urea groups is 1. The summed E-state index contributed by atoms with van der Waals surface area (Å²) in [5.74, 6) is -0.402. The zero-order chi connectivity index (χ0) is 19.1. The first-order chi connectivity index (χ1) is 12.9. The minimum absolute atomic E-state index is 0.0128. The second-order valence-electron chi connectivity index (χ2n) is 6.60. The highest BCUT2D eigenvalue weighted by atomic mass is 79.9. The van der Waals surface area contributed by atoms with Gasteiger partial charge in [-0.25, -0.2) is 9.18 Å². The molecule has 0 aromatic heterocycles. The Bertz CT molecular complexity index is 939. The SMILES string of the molecule is O=C(Nc1ccc(Br)cc1Cl)N1CC(=O)N2CCc3c(F)cccc3C2C1. The number of nitrogens with zero attached hydrogens (tertiary/aromatic N) is 2. The minimum Gasteiger partial charge on any atom is -0.332 e. The molecule has 0 radical (unpaired) electrons. The van der Waals surface area contributed by atoms with Gasteiger partial charge in [0.2, 0.25) is 5.91 Å². The molecule has 3 amide bonds. The fourth-order valence-electron chi connectivity index (χ4n) is 3.67. The predicted octanol–water partition coefficient (Wildman–Crippen LogP) is 4.22. The monoisotopic (exact) mass is 451 g/mol. The third-order valence-electron chi connectivity index (χ3n) is 4.99. The van der Waals surface area contributed by atoms with Crippen molar-refractivity contribution in [1.82, 2.24) is 9.80 Å². The average molecular weight is 453 g/mol. The molecule has 4 rings (SSSR count). The summed E-state index contributed by atoms with van der Waals surface area (Å²) in [6, 6.07) is 9.29. The number of hydrogen-bond donors (Lipinski definition) is 1. The highest BCUT2D eigenvalue weighted by Gasteiger charge is 2.39. The van der Waals surface area contributed by atoms with Gasteiger partial charge in [-0.3, -0.25) is 4.79 Å². The lowest BCUT2D eigenvalue weighted by Crippen LogP contribution is -2.56. The third-order valence-corrected chi connectivity index (χ3v) is 5.80. The van der Waals surface area contributed by atoms with Crippen molar-refractivity contribution in [2.24, 2.45) is 0 Å². The molecule has 2 heterocycles. The van der Waals surface area contributed by atoms with Crippen molar-refractivity contribution in [3.05, 3.63) is 62.8 Å². The van der Waals surface area contributed by atoms with Crippen molar-refractivity contribution < 1.29 is 14.0 Å². The fourth-order valence-corrected chi connectivity index (χ4v) is 4.39. The molecule has 2 aliphatic heterocycles. The highest BCUT2D eigenvalue weighted by Crippen LogP contribution is 2.34. The van der Waals surface area contributed by atoms with Crippen LogP contribution in [0.1, 0.15) is 17.2 Å². The second kappa shape index (κ2) is 7.13. The van der Waals surface area contributed by atoms with Crippen LogP contribution in [0.15, 0.2) is 40.9 Å². The van der Waals surface area contributed by atoms with Gasteiger partial charge in [0.1, 0.15) is 12.4 Å². The van der Waals surface area contributed by atoms with E-state index in [0.29, 0.717) is 35.8 Å². The van der Waals surface area contributed by atoms with E-state index in [4.69, 9.17) is 11.6 Å². The van der Waals surface area contributed by atoms with Crippen molar-refractivity contribution in [3.63, 3.8) is 0 Å². The van der Waals surface area contributed by atoms with Crippen LogP contribution in [0.5, 0.6) is 0 Å². The van der Waals surface area contributed by atoms with E-state index in [1.165, 1.54) is 11.0 Å². The molecule has 0 spiro atoms. The van der Waals surface area contributed by atoms with Crippen molar-refractivity contribution >= 4 is 45.2 Å². The Hall–Kier alpha value is -2.12. The number of nitrogens with one attached hydrogen (secondary N) is 1. The number of benzene rings is 2. The van der Waals surface area contributed by atoms with Crippen LogP contribution in [-0.2, 0) is 11.2 Å². The normalized spacial score (nSPS) is 18.8. The topological polar surface area (TPSA) is 52.7 Å². The number of amides is 3. The summed E-state index contributed by atoms with van der Waals surface area (Å²) in [6.45, 7) is 0.759. The van der Waals surface area contributed by atoms with Gasteiger partial charge in [0.25, 0.3) is 0 Å². The number of rotatable bonds is 1. The summed E-state index contributed by atoms with van der Waals surface area (Å²) in [5.41, 5.74) is 1.87. The Balaban J connectivity index is 1.57. The Morgan fingerprint density at radius 1 is 1.30 bits per heavy atom. The number of piperazine rings is 1. The fraction of sp³-hybridized carbons (Fsp3) is 0.263. The second-order valence-corrected chi connectivity index (χ2v) is 7.92. The minimum atomic E-state index is -0.407. The van der Waals surface area contributed by atoms with Crippen LogP contribution in [0.3, 0.4) is 0 Å². The quantitative estimate of drug-likeness (QED) is 0.704. The average Bonchev–Trinajstić information content (AvgIpc) is 2.64.